The Kier molecular flexibility index (Phi) is 4.34. The minimum absolute atomic E-state index is 0.0125. The van der Waals surface area contributed by atoms with Crippen molar-refractivity contribution >= 4 is 22.6 Å². The second-order valence-corrected chi connectivity index (χ2v) is 5.21. The van der Waals surface area contributed by atoms with Gasteiger partial charge < -0.3 is 13.7 Å². The van der Waals surface area contributed by atoms with E-state index < -0.39 is 22.1 Å². The Morgan fingerprint density at radius 3 is 2.76 bits per heavy atom. The van der Waals surface area contributed by atoms with Crippen LogP contribution in [0.1, 0.15) is 23.0 Å². The first-order chi connectivity index (χ1) is 12.0. The van der Waals surface area contributed by atoms with E-state index in [4.69, 9.17) is 9.15 Å². The SMILES string of the molecule is CCOC(=O)c1oc2ccccc2c1Cn1cccc([N+](=O)[O-])c1=O. The van der Waals surface area contributed by atoms with Crippen LogP contribution in [0.15, 0.2) is 51.8 Å². The van der Waals surface area contributed by atoms with Gasteiger partial charge in [-0.3, -0.25) is 14.9 Å². The second kappa shape index (κ2) is 6.60. The molecule has 0 aliphatic carbocycles. The van der Waals surface area contributed by atoms with Crippen LogP contribution in [0.5, 0.6) is 0 Å². The Labute approximate surface area is 141 Å². The molecule has 8 nitrogen and oxygen atoms in total. The third-order valence-electron chi connectivity index (χ3n) is 3.68. The van der Waals surface area contributed by atoms with E-state index in [0.29, 0.717) is 16.5 Å². The van der Waals surface area contributed by atoms with Crippen LogP contribution in [0.3, 0.4) is 0 Å². The van der Waals surface area contributed by atoms with Gasteiger partial charge in [-0.2, -0.15) is 0 Å². The van der Waals surface area contributed by atoms with Crippen molar-refractivity contribution in [1.29, 1.82) is 0 Å². The number of aromatic nitrogens is 1. The summed E-state index contributed by atoms with van der Waals surface area (Å²) < 4.78 is 11.7. The van der Waals surface area contributed by atoms with Gasteiger partial charge in [0.15, 0.2) is 0 Å². The molecule has 2 heterocycles. The van der Waals surface area contributed by atoms with Crippen molar-refractivity contribution in [3.05, 3.63) is 74.4 Å². The lowest BCUT2D eigenvalue weighted by molar-refractivity contribution is -0.386. The monoisotopic (exact) mass is 342 g/mol. The molecule has 0 saturated carbocycles. The van der Waals surface area contributed by atoms with Crippen LogP contribution in [0.4, 0.5) is 5.69 Å². The summed E-state index contributed by atoms with van der Waals surface area (Å²) in [7, 11) is 0. The Hall–Kier alpha value is -3.42. The molecule has 0 atom stereocenters. The zero-order chi connectivity index (χ0) is 18.0. The minimum atomic E-state index is -0.757. The maximum Gasteiger partial charge on any atom is 0.374 e. The Bertz CT molecular complexity index is 1020. The van der Waals surface area contributed by atoms with E-state index in [-0.39, 0.29) is 18.9 Å². The third kappa shape index (κ3) is 3.01. The Morgan fingerprint density at radius 2 is 2.04 bits per heavy atom. The van der Waals surface area contributed by atoms with Crippen molar-refractivity contribution in [2.45, 2.75) is 13.5 Å². The number of nitro groups is 1. The van der Waals surface area contributed by atoms with E-state index in [1.54, 1.807) is 31.2 Å². The first-order valence-electron chi connectivity index (χ1n) is 7.54. The number of pyridine rings is 1. The number of ether oxygens (including phenoxy) is 1. The Morgan fingerprint density at radius 1 is 1.28 bits per heavy atom. The van der Waals surface area contributed by atoms with Gasteiger partial charge in [0.25, 0.3) is 0 Å². The molecule has 3 aromatic rings. The van der Waals surface area contributed by atoms with Crippen LogP contribution in [0.2, 0.25) is 0 Å². The van der Waals surface area contributed by atoms with E-state index in [1.807, 2.05) is 0 Å². The fourth-order valence-corrected chi connectivity index (χ4v) is 2.58. The summed E-state index contributed by atoms with van der Waals surface area (Å²) in [6.07, 6.45) is 1.42. The molecule has 0 bridgehead atoms. The summed E-state index contributed by atoms with van der Waals surface area (Å²) in [4.78, 5) is 34.6. The molecule has 0 aliphatic heterocycles. The summed E-state index contributed by atoms with van der Waals surface area (Å²) >= 11 is 0. The molecule has 0 unspecified atom stereocenters. The first-order valence-corrected chi connectivity index (χ1v) is 7.54. The molecule has 0 N–H and O–H groups in total. The highest BCUT2D eigenvalue weighted by atomic mass is 16.6. The quantitative estimate of drug-likeness (QED) is 0.401. The molecular formula is C17H14N2O6. The van der Waals surface area contributed by atoms with E-state index in [0.717, 1.165) is 10.6 Å². The van der Waals surface area contributed by atoms with Crippen LogP contribution < -0.4 is 5.56 Å². The van der Waals surface area contributed by atoms with Gasteiger partial charge in [-0.05, 0) is 19.1 Å². The molecule has 0 amide bonds. The highest BCUT2D eigenvalue weighted by Gasteiger charge is 2.23. The molecule has 0 fully saturated rings. The maximum atomic E-state index is 12.3. The van der Waals surface area contributed by atoms with E-state index in [9.17, 15) is 19.7 Å². The maximum absolute atomic E-state index is 12.3. The number of hydrogen-bond acceptors (Lipinski definition) is 6. The standard InChI is InChI=1S/C17H14N2O6/c1-2-24-17(21)15-12(11-6-3-4-8-14(11)25-15)10-18-9-5-7-13(16(18)20)19(22)23/h3-9H,2,10H2,1H3. The fraction of sp³-hybridized carbons (Fsp3) is 0.176. The zero-order valence-corrected chi connectivity index (χ0v) is 13.3. The first kappa shape index (κ1) is 16.4. The molecule has 128 valence electrons. The van der Waals surface area contributed by atoms with Crippen LogP contribution in [-0.2, 0) is 11.3 Å². The zero-order valence-electron chi connectivity index (χ0n) is 13.3. The number of carbonyl (C=O) groups is 1. The highest BCUT2D eigenvalue weighted by Crippen LogP contribution is 2.27. The average molecular weight is 342 g/mol. The van der Waals surface area contributed by atoms with Crippen molar-refractivity contribution in [3.8, 4) is 0 Å². The average Bonchev–Trinajstić information content (AvgIpc) is 2.95. The number of para-hydroxylation sites is 1. The number of carbonyl (C=O) groups excluding carboxylic acids is 1. The lowest BCUT2D eigenvalue weighted by Crippen LogP contribution is -2.23. The molecular weight excluding hydrogens is 328 g/mol. The van der Waals surface area contributed by atoms with Crippen molar-refractivity contribution in [2.24, 2.45) is 0 Å². The van der Waals surface area contributed by atoms with Crippen molar-refractivity contribution < 1.29 is 18.9 Å². The molecule has 3 rings (SSSR count). The van der Waals surface area contributed by atoms with Gasteiger partial charge in [0.05, 0.1) is 18.1 Å². The number of benzene rings is 1. The van der Waals surface area contributed by atoms with Gasteiger partial charge in [0.2, 0.25) is 5.76 Å². The highest BCUT2D eigenvalue weighted by molar-refractivity contribution is 5.96. The number of nitrogens with zero attached hydrogens (tertiary/aromatic N) is 2. The van der Waals surface area contributed by atoms with Crippen LogP contribution in [-0.4, -0.2) is 22.1 Å². The topological polar surface area (TPSA) is 105 Å². The molecule has 0 radical (unpaired) electrons. The summed E-state index contributed by atoms with van der Waals surface area (Å²) in [6.45, 7) is 1.79. The second-order valence-electron chi connectivity index (χ2n) is 5.21. The van der Waals surface area contributed by atoms with Crippen molar-refractivity contribution in [2.75, 3.05) is 6.61 Å². The van der Waals surface area contributed by atoms with Gasteiger partial charge in [-0.15, -0.1) is 0 Å². The van der Waals surface area contributed by atoms with Crippen LogP contribution >= 0.6 is 0 Å². The van der Waals surface area contributed by atoms with Crippen LogP contribution in [0.25, 0.3) is 11.0 Å². The molecule has 2 aromatic heterocycles. The van der Waals surface area contributed by atoms with E-state index in [1.165, 1.54) is 12.3 Å². The fourth-order valence-electron chi connectivity index (χ4n) is 2.58. The number of fused-ring (bicyclic) bond motifs is 1. The molecule has 0 aliphatic rings. The van der Waals surface area contributed by atoms with Gasteiger partial charge in [0, 0.05) is 23.2 Å². The van der Waals surface area contributed by atoms with E-state index in [2.05, 4.69) is 0 Å². The number of hydrogen-bond donors (Lipinski definition) is 0. The largest absolute Gasteiger partial charge is 0.460 e. The lowest BCUT2D eigenvalue weighted by Gasteiger charge is -2.06. The lowest BCUT2D eigenvalue weighted by atomic mass is 10.1. The van der Waals surface area contributed by atoms with E-state index >= 15 is 0 Å². The van der Waals surface area contributed by atoms with Gasteiger partial charge >= 0.3 is 17.2 Å². The van der Waals surface area contributed by atoms with Crippen molar-refractivity contribution in [3.63, 3.8) is 0 Å². The summed E-state index contributed by atoms with van der Waals surface area (Å²) in [5.41, 5.74) is -0.378. The van der Waals surface area contributed by atoms with Crippen LogP contribution in [0, 0.1) is 10.1 Å². The van der Waals surface area contributed by atoms with Gasteiger partial charge in [-0.1, -0.05) is 18.2 Å². The summed E-state index contributed by atoms with van der Waals surface area (Å²) in [5.74, 6) is -0.659. The number of rotatable bonds is 5. The minimum Gasteiger partial charge on any atom is -0.460 e. The molecule has 0 spiro atoms. The Balaban J connectivity index is 2.14. The summed E-state index contributed by atoms with van der Waals surface area (Å²) in [6, 6.07) is 9.51. The molecule has 1 aromatic carbocycles. The normalized spacial score (nSPS) is 10.8. The molecule has 8 heteroatoms. The number of furan rings is 1. The predicted octanol–water partition coefficient (Wildman–Crippen LogP) is 2.73. The summed E-state index contributed by atoms with van der Waals surface area (Å²) in [5, 5.41) is 11.6. The molecule has 0 saturated heterocycles. The number of esters is 1. The third-order valence-corrected chi connectivity index (χ3v) is 3.68. The predicted molar refractivity (Wildman–Crippen MR) is 88.6 cm³/mol. The smallest absolute Gasteiger partial charge is 0.374 e. The van der Waals surface area contributed by atoms with Gasteiger partial charge in [-0.25, -0.2) is 4.79 Å². The molecule has 25 heavy (non-hydrogen) atoms. The van der Waals surface area contributed by atoms with Gasteiger partial charge in [0.1, 0.15) is 5.58 Å². The van der Waals surface area contributed by atoms with Crippen molar-refractivity contribution in [1.82, 2.24) is 4.57 Å².